The summed E-state index contributed by atoms with van der Waals surface area (Å²) in [6.45, 7) is 6.19. The van der Waals surface area contributed by atoms with Gasteiger partial charge in [0.2, 0.25) is 5.91 Å². The van der Waals surface area contributed by atoms with Gasteiger partial charge in [-0.25, -0.2) is 4.98 Å². The average Bonchev–Trinajstić information content (AvgIpc) is 3.10. The van der Waals surface area contributed by atoms with Crippen LogP contribution in [0.1, 0.15) is 45.1 Å². The number of nitrogens with one attached hydrogen (secondary N) is 1. The Morgan fingerprint density at radius 3 is 2.71 bits per heavy atom. The maximum atomic E-state index is 13.0. The van der Waals surface area contributed by atoms with Gasteiger partial charge in [0.15, 0.2) is 0 Å². The van der Waals surface area contributed by atoms with Crippen LogP contribution in [-0.4, -0.2) is 21.5 Å². The lowest BCUT2D eigenvalue weighted by atomic mass is 10.1. The molecule has 0 saturated heterocycles. The molecule has 3 aromatic rings. The number of fused-ring (bicyclic) bond motifs is 1. The molecule has 148 valence electrons. The summed E-state index contributed by atoms with van der Waals surface area (Å²) in [5, 5.41) is 5.53. The molecule has 1 N–H and O–H groups in total. The van der Waals surface area contributed by atoms with Crippen molar-refractivity contribution in [3.05, 3.63) is 51.9 Å². The first kappa shape index (κ1) is 20.3. The van der Waals surface area contributed by atoms with Crippen molar-refractivity contribution in [2.45, 2.75) is 59.0 Å². The van der Waals surface area contributed by atoms with E-state index in [0.717, 1.165) is 30.4 Å². The van der Waals surface area contributed by atoms with Crippen LogP contribution >= 0.6 is 11.3 Å². The second-order valence-corrected chi connectivity index (χ2v) is 8.20. The Bertz CT molecular complexity index is 1000. The Balaban J connectivity index is 1.80. The van der Waals surface area contributed by atoms with Crippen LogP contribution in [0.25, 0.3) is 21.3 Å². The number of rotatable bonds is 8. The predicted octanol–water partition coefficient (Wildman–Crippen LogP) is 4.52. The van der Waals surface area contributed by atoms with Gasteiger partial charge in [0.1, 0.15) is 11.4 Å². The van der Waals surface area contributed by atoms with E-state index in [1.165, 1.54) is 34.2 Å². The van der Waals surface area contributed by atoms with E-state index in [2.05, 4.69) is 17.2 Å². The second kappa shape index (κ2) is 9.15. The van der Waals surface area contributed by atoms with Crippen molar-refractivity contribution in [2.24, 2.45) is 0 Å². The lowest BCUT2D eigenvalue weighted by molar-refractivity contribution is -0.122. The maximum absolute atomic E-state index is 13.0. The monoisotopic (exact) mass is 397 g/mol. The number of thiophene rings is 1. The van der Waals surface area contributed by atoms with Gasteiger partial charge in [0.05, 0.1) is 11.7 Å². The number of benzene rings is 1. The molecule has 0 aliphatic carbocycles. The van der Waals surface area contributed by atoms with Gasteiger partial charge in [-0.3, -0.25) is 14.2 Å². The summed E-state index contributed by atoms with van der Waals surface area (Å²) in [5.74, 6) is -0.153. The van der Waals surface area contributed by atoms with E-state index < -0.39 is 0 Å². The van der Waals surface area contributed by atoms with Crippen molar-refractivity contribution < 1.29 is 4.79 Å². The van der Waals surface area contributed by atoms with E-state index in [4.69, 9.17) is 0 Å². The zero-order chi connectivity index (χ0) is 20.1. The molecule has 0 spiro atoms. The van der Waals surface area contributed by atoms with E-state index in [-0.39, 0.29) is 24.1 Å². The minimum atomic E-state index is -0.171. The normalized spacial score (nSPS) is 12.2. The number of hydrogen-bond acceptors (Lipinski definition) is 4. The average molecular weight is 398 g/mol. The van der Waals surface area contributed by atoms with E-state index in [0.29, 0.717) is 10.2 Å². The number of unbranched alkanes of at least 4 members (excludes halogenated alkanes) is 2. The molecule has 2 heterocycles. The molecule has 1 atom stereocenters. The summed E-state index contributed by atoms with van der Waals surface area (Å²) < 4.78 is 1.40. The van der Waals surface area contributed by atoms with Crippen molar-refractivity contribution >= 4 is 27.5 Å². The second-order valence-electron chi connectivity index (χ2n) is 7.34. The van der Waals surface area contributed by atoms with Crippen LogP contribution in [0.2, 0.25) is 0 Å². The Hall–Kier alpha value is -2.47. The number of carbonyl (C=O) groups excluding carboxylic acids is 1. The molecule has 5 nitrogen and oxygen atoms in total. The summed E-state index contributed by atoms with van der Waals surface area (Å²) >= 11 is 1.45. The largest absolute Gasteiger partial charge is 0.352 e. The first-order valence-corrected chi connectivity index (χ1v) is 10.7. The van der Waals surface area contributed by atoms with E-state index in [1.54, 1.807) is 0 Å². The summed E-state index contributed by atoms with van der Waals surface area (Å²) in [6.07, 6.45) is 5.85. The molecule has 0 aliphatic rings. The third kappa shape index (κ3) is 4.68. The van der Waals surface area contributed by atoms with E-state index >= 15 is 0 Å². The zero-order valence-corrected chi connectivity index (χ0v) is 17.5. The molecule has 6 heteroatoms. The van der Waals surface area contributed by atoms with Crippen molar-refractivity contribution in [1.82, 2.24) is 14.9 Å². The molecule has 28 heavy (non-hydrogen) atoms. The number of hydrogen-bond donors (Lipinski definition) is 1. The maximum Gasteiger partial charge on any atom is 0.263 e. The fourth-order valence-electron chi connectivity index (χ4n) is 3.27. The molecule has 0 unspecified atom stereocenters. The highest BCUT2D eigenvalue weighted by molar-refractivity contribution is 7.17. The Kier molecular flexibility index (Phi) is 6.62. The minimum absolute atomic E-state index is 0.0108. The molecule has 0 fully saturated rings. The molecule has 2 aromatic heterocycles. The standard InChI is InChI=1S/C22H27N3O2S/c1-4-5-6-7-16(3)24-19(26)12-25-14-23-21-20(22(25)27)18(13-28-21)17-10-8-15(2)9-11-17/h8-11,13-14,16H,4-7,12H2,1-3H3,(H,24,26)/t16-/m0/s1. The van der Waals surface area contributed by atoms with Crippen LogP contribution in [0.5, 0.6) is 0 Å². The quantitative estimate of drug-likeness (QED) is 0.569. The topological polar surface area (TPSA) is 64.0 Å². The Morgan fingerprint density at radius 1 is 1.25 bits per heavy atom. The summed E-state index contributed by atoms with van der Waals surface area (Å²) in [7, 11) is 0. The van der Waals surface area contributed by atoms with Crippen LogP contribution in [-0.2, 0) is 11.3 Å². The smallest absolute Gasteiger partial charge is 0.263 e. The van der Waals surface area contributed by atoms with Crippen molar-refractivity contribution in [1.29, 1.82) is 0 Å². The molecular formula is C22H27N3O2S. The first-order chi connectivity index (χ1) is 13.5. The molecule has 1 aromatic carbocycles. The van der Waals surface area contributed by atoms with Gasteiger partial charge in [-0.05, 0) is 25.8 Å². The number of aromatic nitrogens is 2. The van der Waals surface area contributed by atoms with Gasteiger partial charge in [0, 0.05) is 17.0 Å². The lowest BCUT2D eigenvalue weighted by Crippen LogP contribution is -2.37. The molecule has 0 bridgehead atoms. The van der Waals surface area contributed by atoms with Gasteiger partial charge < -0.3 is 5.32 Å². The molecule has 3 rings (SSSR count). The zero-order valence-electron chi connectivity index (χ0n) is 16.7. The third-order valence-corrected chi connectivity index (χ3v) is 5.77. The molecule has 0 radical (unpaired) electrons. The van der Waals surface area contributed by atoms with Gasteiger partial charge in [-0.15, -0.1) is 11.3 Å². The number of amides is 1. The molecular weight excluding hydrogens is 370 g/mol. The lowest BCUT2D eigenvalue weighted by Gasteiger charge is -2.14. The van der Waals surface area contributed by atoms with Crippen LogP contribution in [0, 0.1) is 6.92 Å². The minimum Gasteiger partial charge on any atom is -0.352 e. The Labute approximate surface area is 169 Å². The van der Waals surface area contributed by atoms with Crippen LogP contribution in [0.3, 0.4) is 0 Å². The fourth-order valence-corrected chi connectivity index (χ4v) is 4.18. The summed E-state index contributed by atoms with van der Waals surface area (Å²) in [6, 6.07) is 8.19. The highest BCUT2D eigenvalue weighted by Crippen LogP contribution is 2.30. The van der Waals surface area contributed by atoms with Crippen molar-refractivity contribution in [3.8, 4) is 11.1 Å². The fraction of sp³-hybridized carbons (Fsp3) is 0.409. The number of aryl methyl sites for hydroxylation is 1. The molecule has 0 aliphatic heterocycles. The first-order valence-electron chi connectivity index (χ1n) is 9.82. The van der Waals surface area contributed by atoms with Crippen molar-refractivity contribution in [3.63, 3.8) is 0 Å². The highest BCUT2D eigenvalue weighted by atomic mass is 32.1. The summed E-state index contributed by atoms with van der Waals surface area (Å²) in [5.41, 5.74) is 2.86. The molecule has 0 saturated carbocycles. The predicted molar refractivity (Wildman–Crippen MR) is 116 cm³/mol. The van der Waals surface area contributed by atoms with E-state index in [9.17, 15) is 9.59 Å². The molecule has 1 amide bonds. The van der Waals surface area contributed by atoms with Gasteiger partial charge >= 0.3 is 0 Å². The van der Waals surface area contributed by atoms with Crippen LogP contribution in [0.4, 0.5) is 0 Å². The highest BCUT2D eigenvalue weighted by Gasteiger charge is 2.15. The van der Waals surface area contributed by atoms with E-state index in [1.807, 2.05) is 43.5 Å². The number of carbonyl (C=O) groups is 1. The SMILES string of the molecule is CCCCC[C@H](C)NC(=O)Cn1cnc2scc(-c3ccc(C)cc3)c2c1=O. The third-order valence-electron chi connectivity index (χ3n) is 4.89. The van der Waals surface area contributed by atoms with Crippen molar-refractivity contribution in [2.75, 3.05) is 0 Å². The van der Waals surface area contributed by atoms with Gasteiger partial charge in [-0.2, -0.15) is 0 Å². The van der Waals surface area contributed by atoms with Crippen LogP contribution < -0.4 is 10.9 Å². The van der Waals surface area contributed by atoms with Crippen LogP contribution in [0.15, 0.2) is 40.8 Å². The Morgan fingerprint density at radius 2 is 2.00 bits per heavy atom. The van der Waals surface area contributed by atoms with Gasteiger partial charge in [0.25, 0.3) is 5.56 Å². The summed E-state index contributed by atoms with van der Waals surface area (Å²) in [4.78, 5) is 30.5. The number of nitrogens with zero attached hydrogens (tertiary/aromatic N) is 2. The van der Waals surface area contributed by atoms with Gasteiger partial charge in [-0.1, -0.05) is 56.0 Å².